The number of carbonyl (C=O) groups excluding carboxylic acids is 1. The number of hydrogen-bond donors (Lipinski definition) is 2. The van der Waals surface area contributed by atoms with Crippen molar-refractivity contribution in [3.8, 4) is 0 Å². The maximum atomic E-state index is 11.9. The molecule has 0 aliphatic heterocycles. The maximum absolute atomic E-state index is 11.9. The van der Waals surface area contributed by atoms with Crippen LogP contribution in [0.2, 0.25) is 10.0 Å². The molecule has 0 aromatic heterocycles. The molecule has 1 aromatic rings. The Morgan fingerprint density at radius 3 is 2.70 bits per heavy atom. The number of carbonyl (C=O) groups is 1. The fraction of sp³-hybridized carbons (Fsp3) is 0.500. The summed E-state index contributed by atoms with van der Waals surface area (Å²) in [6.07, 6.45) is 2.77. The molecule has 1 aliphatic carbocycles. The maximum Gasteiger partial charge on any atom is 0.223 e. The first-order valence-corrected chi connectivity index (χ1v) is 7.32. The van der Waals surface area contributed by atoms with E-state index in [9.17, 15) is 4.79 Å². The molecule has 2 atom stereocenters. The van der Waals surface area contributed by atoms with Crippen LogP contribution >= 0.6 is 35.6 Å². The minimum atomic E-state index is 0. The molecule has 6 heteroatoms. The van der Waals surface area contributed by atoms with E-state index < -0.39 is 0 Å². The van der Waals surface area contributed by atoms with Gasteiger partial charge in [-0.1, -0.05) is 29.3 Å². The van der Waals surface area contributed by atoms with E-state index in [1.54, 1.807) is 6.07 Å². The Bertz CT molecular complexity index is 468. The Balaban J connectivity index is 0.00000200. The van der Waals surface area contributed by atoms with Crippen LogP contribution in [0.25, 0.3) is 0 Å². The molecule has 0 bridgehead atoms. The van der Waals surface area contributed by atoms with Crippen LogP contribution in [-0.4, -0.2) is 19.0 Å². The van der Waals surface area contributed by atoms with Gasteiger partial charge in [0.15, 0.2) is 0 Å². The highest BCUT2D eigenvalue weighted by Gasteiger charge is 2.43. The topological polar surface area (TPSA) is 55.1 Å². The molecule has 1 aliphatic rings. The van der Waals surface area contributed by atoms with E-state index >= 15 is 0 Å². The summed E-state index contributed by atoms with van der Waals surface area (Å²) in [6.45, 7) is 1.38. The van der Waals surface area contributed by atoms with E-state index in [1.807, 2.05) is 12.1 Å². The molecule has 1 fully saturated rings. The lowest BCUT2D eigenvalue weighted by Crippen LogP contribution is -2.26. The molecule has 3 nitrogen and oxygen atoms in total. The summed E-state index contributed by atoms with van der Waals surface area (Å²) in [6, 6.07) is 5.59. The van der Waals surface area contributed by atoms with Gasteiger partial charge in [-0.2, -0.15) is 0 Å². The number of nitrogens with one attached hydrogen (secondary N) is 1. The van der Waals surface area contributed by atoms with Gasteiger partial charge in [-0.05, 0) is 49.4 Å². The molecular formula is C14H19Cl3N2O. The molecule has 0 heterocycles. The third kappa shape index (κ3) is 4.52. The molecule has 20 heavy (non-hydrogen) atoms. The van der Waals surface area contributed by atoms with Gasteiger partial charge in [0.2, 0.25) is 5.91 Å². The minimum Gasteiger partial charge on any atom is -0.356 e. The number of unbranched alkanes of at least 4 members (excludes halogenated alkanes) is 1. The summed E-state index contributed by atoms with van der Waals surface area (Å²) in [5.41, 5.74) is 6.50. The number of amides is 1. The van der Waals surface area contributed by atoms with Crippen LogP contribution in [-0.2, 0) is 4.79 Å². The second-order valence-corrected chi connectivity index (χ2v) is 5.72. The molecule has 2 unspecified atom stereocenters. The average molecular weight is 338 g/mol. The van der Waals surface area contributed by atoms with Gasteiger partial charge in [0.05, 0.1) is 10.0 Å². The summed E-state index contributed by atoms with van der Waals surface area (Å²) < 4.78 is 0. The van der Waals surface area contributed by atoms with Crippen molar-refractivity contribution in [1.82, 2.24) is 5.32 Å². The zero-order chi connectivity index (χ0) is 13.8. The van der Waals surface area contributed by atoms with Gasteiger partial charge in [-0.3, -0.25) is 4.79 Å². The molecule has 1 amide bonds. The number of halogens is 3. The standard InChI is InChI=1S/C14H18Cl2N2O.ClH/c15-12-4-3-9(7-13(12)16)10-8-11(10)14(19)18-6-2-1-5-17;/h3-4,7,10-11H,1-2,5-6,8,17H2,(H,18,19);1H. The molecule has 112 valence electrons. The monoisotopic (exact) mass is 336 g/mol. The SMILES string of the molecule is Cl.NCCCCNC(=O)C1CC1c1ccc(Cl)c(Cl)c1. The second kappa shape index (κ2) is 8.08. The largest absolute Gasteiger partial charge is 0.356 e. The summed E-state index contributed by atoms with van der Waals surface area (Å²) in [4.78, 5) is 11.9. The zero-order valence-corrected chi connectivity index (χ0v) is 13.4. The zero-order valence-electron chi connectivity index (χ0n) is 11.1. The molecule has 0 radical (unpaired) electrons. The smallest absolute Gasteiger partial charge is 0.223 e. The van der Waals surface area contributed by atoms with Crippen molar-refractivity contribution in [3.63, 3.8) is 0 Å². The van der Waals surface area contributed by atoms with Crippen LogP contribution in [0, 0.1) is 5.92 Å². The van der Waals surface area contributed by atoms with E-state index in [0.717, 1.165) is 24.8 Å². The lowest BCUT2D eigenvalue weighted by Gasteiger charge is -2.05. The van der Waals surface area contributed by atoms with E-state index in [1.165, 1.54) is 0 Å². The van der Waals surface area contributed by atoms with Gasteiger partial charge >= 0.3 is 0 Å². The Morgan fingerprint density at radius 2 is 2.05 bits per heavy atom. The van der Waals surface area contributed by atoms with Crippen molar-refractivity contribution in [2.24, 2.45) is 11.7 Å². The molecule has 0 saturated heterocycles. The highest BCUT2D eigenvalue weighted by molar-refractivity contribution is 6.42. The Hall–Kier alpha value is -0.480. The van der Waals surface area contributed by atoms with Crippen molar-refractivity contribution >= 4 is 41.5 Å². The fourth-order valence-electron chi connectivity index (χ4n) is 2.21. The molecule has 3 N–H and O–H groups in total. The van der Waals surface area contributed by atoms with Gasteiger partial charge in [0.1, 0.15) is 0 Å². The predicted molar refractivity (Wildman–Crippen MR) is 85.9 cm³/mol. The highest BCUT2D eigenvalue weighted by Crippen LogP contribution is 2.48. The van der Waals surface area contributed by atoms with Crippen molar-refractivity contribution in [2.45, 2.75) is 25.2 Å². The third-order valence-corrected chi connectivity index (χ3v) is 4.17. The molecular weight excluding hydrogens is 319 g/mol. The van der Waals surface area contributed by atoms with Crippen LogP contribution in [0.1, 0.15) is 30.7 Å². The Kier molecular flexibility index (Phi) is 7.10. The minimum absolute atomic E-state index is 0. The van der Waals surface area contributed by atoms with Crippen LogP contribution in [0.15, 0.2) is 18.2 Å². The first kappa shape index (κ1) is 17.6. The summed E-state index contributed by atoms with van der Waals surface area (Å²) in [5, 5.41) is 4.05. The van der Waals surface area contributed by atoms with Crippen LogP contribution in [0.4, 0.5) is 0 Å². The van der Waals surface area contributed by atoms with E-state index in [4.69, 9.17) is 28.9 Å². The first-order valence-electron chi connectivity index (χ1n) is 6.56. The molecule has 1 saturated carbocycles. The average Bonchev–Trinajstić information content (AvgIpc) is 3.18. The third-order valence-electron chi connectivity index (χ3n) is 3.43. The fourth-order valence-corrected chi connectivity index (χ4v) is 2.51. The van der Waals surface area contributed by atoms with Crippen LogP contribution < -0.4 is 11.1 Å². The van der Waals surface area contributed by atoms with Gasteiger partial charge in [0.25, 0.3) is 0 Å². The number of nitrogens with two attached hydrogens (primary N) is 1. The summed E-state index contributed by atoms with van der Waals surface area (Å²) in [7, 11) is 0. The lowest BCUT2D eigenvalue weighted by molar-refractivity contribution is -0.122. The second-order valence-electron chi connectivity index (χ2n) is 4.91. The van der Waals surface area contributed by atoms with Gasteiger partial charge in [0, 0.05) is 12.5 Å². The van der Waals surface area contributed by atoms with E-state index in [2.05, 4.69) is 5.32 Å². The van der Waals surface area contributed by atoms with Gasteiger partial charge in [-0.25, -0.2) is 0 Å². The number of rotatable bonds is 6. The quantitative estimate of drug-likeness (QED) is 0.782. The van der Waals surface area contributed by atoms with Crippen molar-refractivity contribution in [1.29, 1.82) is 0 Å². The van der Waals surface area contributed by atoms with Gasteiger partial charge in [-0.15, -0.1) is 12.4 Å². The number of hydrogen-bond acceptors (Lipinski definition) is 2. The highest BCUT2D eigenvalue weighted by atomic mass is 35.5. The summed E-state index contributed by atoms with van der Waals surface area (Å²) >= 11 is 11.9. The predicted octanol–water partition coefficient (Wildman–Crippen LogP) is 3.37. The Labute approximate surface area is 135 Å². The van der Waals surface area contributed by atoms with Crippen molar-refractivity contribution in [3.05, 3.63) is 33.8 Å². The van der Waals surface area contributed by atoms with Crippen molar-refractivity contribution < 1.29 is 4.79 Å². The van der Waals surface area contributed by atoms with Gasteiger partial charge < -0.3 is 11.1 Å². The molecule has 0 spiro atoms. The summed E-state index contributed by atoms with van der Waals surface area (Å²) in [5.74, 6) is 0.493. The van der Waals surface area contributed by atoms with Crippen LogP contribution in [0.5, 0.6) is 0 Å². The van der Waals surface area contributed by atoms with E-state index in [0.29, 0.717) is 23.1 Å². The van der Waals surface area contributed by atoms with Crippen molar-refractivity contribution in [2.75, 3.05) is 13.1 Å². The number of benzene rings is 1. The lowest BCUT2D eigenvalue weighted by atomic mass is 10.1. The molecule has 2 rings (SSSR count). The van der Waals surface area contributed by atoms with E-state index in [-0.39, 0.29) is 30.2 Å². The molecule has 1 aromatic carbocycles. The van der Waals surface area contributed by atoms with Crippen LogP contribution in [0.3, 0.4) is 0 Å². The normalized spacial score (nSPS) is 20.1. The first-order chi connectivity index (χ1) is 9.13. The Morgan fingerprint density at radius 1 is 1.30 bits per heavy atom.